The molecule has 0 spiro atoms. The van der Waals surface area contributed by atoms with E-state index in [1.54, 1.807) is 0 Å². The number of benzene rings is 1. The molecule has 0 aromatic heterocycles. The Kier molecular flexibility index (Phi) is 3.20. The van der Waals surface area contributed by atoms with Crippen LogP contribution in [0.25, 0.3) is 0 Å². The van der Waals surface area contributed by atoms with Crippen LogP contribution in [0.2, 0.25) is 0 Å². The van der Waals surface area contributed by atoms with Crippen molar-refractivity contribution >= 4 is 31.9 Å². The highest BCUT2D eigenvalue weighted by molar-refractivity contribution is 9.13. The van der Waals surface area contributed by atoms with E-state index in [2.05, 4.69) is 31.9 Å². The van der Waals surface area contributed by atoms with Crippen LogP contribution in [0.5, 0.6) is 0 Å². The highest BCUT2D eigenvalue weighted by Gasteiger charge is 2.21. The Morgan fingerprint density at radius 1 is 0.857 bits per heavy atom. The largest absolute Gasteiger partial charge is 0.204 e. The Labute approximate surface area is 95.0 Å². The van der Waals surface area contributed by atoms with Crippen LogP contribution in [0.15, 0.2) is 8.95 Å². The molecule has 0 N–H and O–H groups in total. The molecular formula is C8Br2F2N2. The molecule has 2 nitrogen and oxygen atoms in total. The second-order valence-electron chi connectivity index (χ2n) is 2.23. The summed E-state index contributed by atoms with van der Waals surface area (Å²) >= 11 is 5.53. The van der Waals surface area contributed by atoms with Crippen LogP contribution in [0.3, 0.4) is 0 Å². The topological polar surface area (TPSA) is 47.6 Å². The Morgan fingerprint density at radius 3 is 1.36 bits per heavy atom. The van der Waals surface area contributed by atoms with Crippen molar-refractivity contribution in [2.75, 3.05) is 0 Å². The van der Waals surface area contributed by atoms with Crippen LogP contribution < -0.4 is 0 Å². The Morgan fingerprint density at radius 2 is 1.14 bits per heavy atom. The molecule has 0 aliphatic heterocycles. The molecule has 0 heterocycles. The van der Waals surface area contributed by atoms with E-state index in [0.717, 1.165) is 0 Å². The summed E-state index contributed by atoms with van der Waals surface area (Å²) in [6.07, 6.45) is 0. The second-order valence-corrected chi connectivity index (χ2v) is 3.82. The van der Waals surface area contributed by atoms with E-state index in [9.17, 15) is 8.78 Å². The van der Waals surface area contributed by atoms with Crippen LogP contribution in [-0.4, -0.2) is 0 Å². The highest BCUT2D eigenvalue weighted by Crippen LogP contribution is 2.33. The fourth-order valence-electron chi connectivity index (χ4n) is 0.842. The van der Waals surface area contributed by atoms with Gasteiger partial charge in [0, 0.05) is 0 Å². The lowest BCUT2D eigenvalue weighted by Crippen LogP contribution is -1.98. The zero-order valence-electron chi connectivity index (χ0n) is 6.41. The third-order valence-corrected chi connectivity index (χ3v) is 3.51. The molecule has 1 rings (SSSR count). The zero-order chi connectivity index (χ0) is 10.9. The summed E-state index contributed by atoms with van der Waals surface area (Å²) in [6.45, 7) is 0. The Hall–Kier alpha value is -0.980. The van der Waals surface area contributed by atoms with E-state index in [0.29, 0.717) is 0 Å². The van der Waals surface area contributed by atoms with E-state index in [4.69, 9.17) is 10.5 Å². The molecule has 14 heavy (non-hydrogen) atoms. The minimum atomic E-state index is -0.947. The highest BCUT2D eigenvalue weighted by atomic mass is 79.9. The summed E-state index contributed by atoms with van der Waals surface area (Å²) in [6, 6.07) is 2.87. The number of nitrogens with zero attached hydrogens (tertiary/aromatic N) is 2. The average Bonchev–Trinajstić information content (AvgIpc) is 2.20. The van der Waals surface area contributed by atoms with Gasteiger partial charge in [0.1, 0.15) is 23.3 Å². The van der Waals surface area contributed by atoms with Crippen molar-refractivity contribution in [1.29, 1.82) is 10.5 Å². The summed E-state index contributed by atoms with van der Waals surface area (Å²) in [4.78, 5) is 0. The molecule has 0 radical (unpaired) electrons. The van der Waals surface area contributed by atoms with Gasteiger partial charge in [0.2, 0.25) is 0 Å². The van der Waals surface area contributed by atoms with Crippen molar-refractivity contribution in [2.45, 2.75) is 0 Å². The van der Waals surface area contributed by atoms with Gasteiger partial charge in [-0.15, -0.1) is 0 Å². The summed E-state index contributed by atoms with van der Waals surface area (Å²) in [5.41, 5.74) is -1.19. The van der Waals surface area contributed by atoms with Crippen LogP contribution >= 0.6 is 31.9 Å². The van der Waals surface area contributed by atoms with E-state index >= 15 is 0 Å². The van der Waals surface area contributed by atoms with E-state index < -0.39 is 22.8 Å². The first-order valence-corrected chi connectivity index (χ1v) is 4.79. The molecule has 0 fully saturated rings. The van der Waals surface area contributed by atoms with Crippen molar-refractivity contribution in [3.63, 3.8) is 0 Å². The van der Waals surface area contributed by atoms with Gasteiger partial charge < -0.3 is 0 Å². The molecule has 6 heteroatoms. The smallest absolute Gasteiger partial charge is 0.157 e. The zero-order valence-corrected chi connectivity index (χ0v) is 9.58. The third kappa shape index (κ3) is 1.52. The molecule has 1 aromatic carbocycles. The lowest BCUT2D eigenvalue weighted by Gasteiger charge is -2.04. The van der Waals surface area contributed by atoms with Gasteiger partial charge in [0.05, 0.1) is 8.95 Å². The molecule has 0 amide bonds. The van der Waals surface area contributed by atoms with Crippen molar-refractivity contribution in [3.8, 4) is 12.1 Å². The predicted octanol–water partition coefficient (Wildman–Crippen LogP) is 3.23. The van der Waals surface area contributed by atoms with Gasteiger partial charge in [0.15, 0.2) is 11.6 Å². The first kappa shape index (κ1) is 11.1. The first-order chi connectivity index (χ1) is 6.54. The van der Waals surface area contributed by atoms with E-state index in [-0.39, 0.29) is 8.95 Å². The minimum Gasteiger partial charge on any atom is -0.204 e. The second kappa shape index (κ2) is 4.04. The molecular weight excluding hydrogens is 322 g/mol. The molecule has 0 aliphatic carbocycles. The number of rotatable bonds is 0. The Bertz CT molecular complexity index is 441. The summed E-state index contributed by atoms with van der Waals surface area (Å²) in [7, 11) is 0. The van der Waals surface area contributed by atoms with Gasteiger partial charge in [-0.05, 0) is 31.9 Å². The molecule has 0 unspecified atom stereocenters. The Balaban J connectivity index is 3.79. The van der Waals surface area contributed by atoms with E-state index in [1.807, 2.05) is 0 Å². The fourth-order valence-corrected chi connectivity index (χ4v) is 1.59. The van der Waals surface area contributed by atoms with Crippen LogP contribution in [0.1, 0.15) is 11.1 Å². The van der Waals surface area contributed by atoms with Gasteiger partial charge in [-0.2, -0.15) is 10.5 Å². The summed E-state index contributed by atoms with van der Waals surface area (Å²) in [5, 5.41) is 17.1. The van der Waals surface area contributed by atoms with Crippen molar-refractivity contribution < 1.29 is 8.78 Å². The van der Waals surface area contributed by atoms with Gasteiger partial charge in [-0.25, -0.2) is 8.78 Å². The average molecular weight is 322 g/mol. The summed E-state index contributed by atoms with van der Waals surface area (Å²) in [5.74, 6) is -1.89. The molecule has 0 saturated heterocycles. The molecule has 0 atom stereocenters. The van der Waals surface area contributed by atoms with Gasteiger partial charge >= 0.3 is 0 Å². The maximum Gasteiger partial charge on any atom is 0.157 e. The van der Waals surface area contributed by atoms with Crippen LogP contribution in [0.4, 0.5) is 8.78 Å². The lowest BCUT2D eigenvalue weighted by molar-refractivity contribution is 0.582. The third-order valence-electron chi connectivity index (χ3n) is 1.49. The molecule has 0 saturated carbocycles. The molecule has 0 aliphatic rings. The van der Waals surface area contributed by atoms with Gasteiger partial charge in [0.25, 0.3) is 0 Å². The quantitative estimate of drug-likeness (QED) is 0.544. The van der Waals surface area contributed by atoms with Crippen molar-refractivity contribution in [3.05, 3.63) is 31.7 Å². The SMILES string of the molecule is N#Cc1c(F)c(Br)c(Br)c(F)c1C#N. The predicted molar refractivity (Wildman–Crippen MR) is 51.2 cm³/mol. The van der Waals surface area contributed by atoms with Crippen LogP contribution in [0, 0.1) is 34.3 Å². The monoisotopic (exact) mass is 320 g/mol. The van der Waals surface area contributed by atoms with E-state index in [1.165, 1.54) is 12.1 Å². The number of halogens is 4. The van der Waals surface area contributed by atoms with Gasteiger partial charge in [-0.3, -0.25) is 0 Å². The fraction of sp³-hybridized carbons (Fsp3) is 0. The number of nitriles is 2. The molecule has 1 aromatic rings. The molecule has 0 bridgehead atoms. The van der Waals surface area contributed by atoms with Gasteiger partial charge in [-0.1, -0.05) is 0 Å². The lowest BCUT2D eigenvalue weighted by atomic mass is 10.1. The maximum absolute atomic E-state index is 13.3. The van der Waals surface area contributed by atoms with Crippen LogP contribution in [-0.2, 0) is 0 Å². The standard InChI is InChI=1S/C8Br2F2N2/c9-5-6(10)8(12)4(2-14)3(1-13)7(5)11. The molecule has 70 valence electrons. The first-order valence-electron chi connectivity index (χ1n) is 3.20. The van der Waals surface area contributed by atoms with Crippen molar-refractivity contribution in [1.82, 2.24) is 0 Å². The number of hydrogen-bond acceptors (Lipinski definition) is 2. The minimum absolute atomic E-state index is 0.203. The van der Waals surface area contributed by atoms with Crippen molar-refractivity contribution in [2.24, 2.45) is 0 Å². The normalized spacial score (nSPS) is 9.29. The maximum atomic E-state index is 13.3. The summed E-state index contributed by atoms with van der Waals surface area (Å²) < 4.78 is 26.1. The number of hydrogen-bond donors (Lipinski definition) is 0.